The molecule has 2 nitrogen and oxygen atoms in total. The first kappa shape index (κ1) is 14.1. The van der Waals surface area contributed by atoms with E-state index in [0.717, 1.165) is 5.56 Å². The van der Waals surface area contributed by atoms with Crippen LogP contribution in [-0.2, 0) is 0 Å². The zero-order valence-corrected chi connectivity index (χ0v) is 10.9. The van der Waals surface area contributed by atoms with Crippen molar-refractivity contribution in [3.63, 3.8) is 0 Å². The Hall–Kier alpha value is -0.930. The standard InChI is InChI=1S/C14H21FO2/c1-9-5-6-10(7-11(9)15)13(12(17)8-16)14(2,3)4/h5-7,12-13,16-17H,8H2,1-4H3/t12-,13?/m1/s1. The Morgan fingerprint density at radius 2 is 1.88 bits per heavy atom. The van der Waals surface area contributed by atoms with Crippen molar-refractivity contribution in [3.8, 4) is 0 Å². The highest BCUT2D eigenvalue weighted by Crippen LogP contribution is 2.38. The maximum absolute atomic E-state index is 13.6. The SMILES string of the molecule is Cc1ccc(C([C@H](O)CO)C(C)(C)C)cc1F. The van der Waals surface area contributed by atoms with Gasteiger partial charge in [-0.3, -0.25) is 0 Å². The summed E-state index contributed by atoms with van der Waals surface area (Å²) in [6, 6.07) is 4.96. The lowest BCUT2D eigenvalue weighted by molar-refractivity contribution is 0.0378. The lowest BCUT2D eigenvalue weighted by Gasteiger charge is -2.34. The minimum atomic E-state index is -0.878. The van der Waals surface area contributed by atoms with Gasteiger partial charge in [-0.25, -0.2) is 4.39 Å². The molecule has 0 amide bonds. The third kappa shape index (κ3) is 3.27. The number of aliphatic hydroxyl groups is 2. The fourth-order valence-corrected chi connectivity index (χ4v) is 2.21. The van der Waals surface area contributed by atoms with Gasteiger partial charge < -0.3 is 10.2 Å². The lowest BCUT2D eigenvalue weighted by Crippen LogP contribution is -2.32. The molecule has 0 saturated carbocycles. The summed E-state index contributed by atoms with van der Waals surface area (Å²) in [5.74, 6) is -0.565. The quantitative estimate of drug-likeness (QED) is 0.852. The van der Waals surface area contributed by atoms with Gasteiger partial charge >= 0.3 is 0 Å². The van der Waals surface area contributed by atoms with E-state index in [4.69, 9.17) is 5.11 Å². The van der Waals surface area contributed by atoms with E-state index >= 15 is 0 Å². The first-order valence-electron chi connectivity index (χ1n) is 5.82. The topological polar surface area (TPSA) is 40.5 Å². The average Bonchev–Trinajstić information content (AvgIpc) is 2.21. The van der Waals surface area contributed by atoms with Crippen LogP contribution in [0, 0.1) is 18.2 Å². The van der Waals surface area contributed by atoms with Crippen molar-refractivity contribution in [3.05, 3.63) is 35.1 Å². The number of hydrogen-bond acceptors (Lipinski definition) is 2. The van der Waals surface area contributed by atoms with Crippen LogP contribution in [0.5, 0.6) is 0 Å². The van der Waals surface area contributed by atoms with E-state index in [-0.39, 0.29) is 23.8 Å². The van der Waals surface area contributed by atoms with Crippen molar-refractivity contribution < 1.29 is 14.6 Å². The zero-order chi connectivity index (χ0) is 13.2. The summed E-state index contributed by atoms with van der Waals surface area (Å²) in [6.45, 7) is 7.28. The van der Waals surface area contributed by atoms with Gasteiger partial charge in [-0.15, -0.1) is 0 Å². The highest BCUT2D eigenvalue weighted by Gasteiger charge is 2.32. The van der Waals surface area contributed by atoms with Crippen LogP contribution in [0.2, 0.25) is 0 Å². The van der Waals surface area contributed by atoms with Gasteiger partial charge in [0, 0.05) is 5.92 Å². The predicted molar refractivity (Wildman–Crippen MR) is 66.4 cm³/mol. The smallest absolute Gasteiger partial charge is 0.126 e. The number of rotatable bonds is 3. The number of benzene rings is 1. The maximum atomic E-state index is 13.6. The Kier molecular flexibility index (Phi) is 4.28. The number of aryl methyl sites for hydroxylation is 1. The second-order valence-corrected chi connectivity index (χ2v) is 5.60. The highest BCUT2D eigenvalue weighted by atomic mass is 19.1. The van der Waals surface area contributed by atoms with E-state index in [1.54, 1.807) is 13.0 Å². The third-order valence-corrected chi connectivity index (χ3v) is 3.06. The monoisotopic (exact) mass is 240 g/mol. The fourth-order valence-electron chi connectivity index (χ4n) is 2.21. The largest absolute Gasteiger partial charge is 0.394 e. The van der Waals surface area contributed by atoms with E-state index in [9.17, 15) is 9.50 Å². The minimum absolute atomic E-state index is 0.246. The van der Waals surface area contributed by atoms with E-state index < -0.39 is 6.10 Å². The molecule has 96 valence electrons. The molecule has 2 N–H and O–H groups in total. The molecule has 0 bridgehead atoms. The first-order chi connectivity index (χ1) is 7.77. The molecule has 0 aliphatic carbocycles. The average molecular weight is 240 g/mol. The van der Waals surface area contributed by atoms with Crippen LogP contribution >= 0.6 is 0 Å². The summed E-state index contributed by atoms with van der Waals surface area (Å²) in [5.41, 5.74) is 1.06. The van der Waals surface area contributed by atoms with Crippen LogP contribution in [-0.4, -0.2) is 22.9 Å². The summed E-state index contributed by atoms with van der Waals surface area (Å²) < 4.78 is 13.6. The van der Waals surface area contributed by atoms with Crippen LogP contribution in [0.1, 0.15) is 37.8 Å². The van der Waals surface area contributed by atoms with Crippen molar-refractivity contribution in [1.82, 2.24) is 0 Å². The van der Waals surface area contributed by atoms with Crippen LogP contribution in [0.4, 0.5) is 4.39 Å². The highest BCUT2D eigenvalue weighted by molar-refractivity contribution is 5.28. The van der Waals surface area contributed by atoms with E-state index in [0.29, 0.717) is 5.56 Å². The summed E-state index contributed by atoms with van der Waals surface area (Å²) in [5, 5.41) is 19.0. The molecule has 0 spiro atoms. The van der Waals surface area contributed by atoms with Crippen molar-refractivity contribution in [1.29, 1.82) is 0 Å². The van der Waals surface area contributed by atoms with Gasteiger partial charge in [-0.2, -0.15) is 0 Å². The first-order valence-corrected chi connectivity index (χ1v) is 5.82. The molecular formula is C14H21FO2. The van der Waals surface area contributed by atoms with Crippen LogP contribution < -0.4 is 0 Å². The van der Waals surface area contributed by atoms with Gasteiger partial charge in [0.2, 0.25) is 0 Å². The number of hydrogen-bond donors (Lipinski definition) is 2. The van der Waals surface area contributed by atoms with Crippen molar-refractivity contribution in [2.45, 2.75) is 39.7 Å². The lowest BCUT2D eigenvalue weighted by atomic mass is 9.73. The van der Waals surface area contributed by atoms with Crippen LogP contribution in [0.15, 0.2) is 18.2 Å². The predicted octanol–water partition coefficient (Wildman–Crippen LogP) is 2.62. The molecule has 1 unspecified atom stereocenters. The molecule has 0 aliphatic heterocycles. The molecule has 1 aromatic carbocycles. The van der Waals surface area contributed by atoms with Crippen LogP contribution in [0.3, 0.4) is 0 Å². The maximum Gasteiger partial charge on any atom is 0.126 e. The van der Waals surface area contributed by atoms with E-state index in [2.05, 4.69) is 0 Å². The number of halogens is 1. The Morgan fingerprint density at radius 3 is 2.29 bits per heavy atom. The molecule has 0 saturated heterocycles. The summed E-state index contributed by atoms with van der Waals surface area (Å²) in [6.07, 6.45) is -0.878. The van der Waals surface area contributed by atoms with Gasteiger partial charge in [0.05, 0.1) is 12.7 Å². The normalized spacial score (nSPS) is 15.7. The van der Waals surface area contributed by atoms with Gasteiger partial charge in [0.1, 0.15) is 5.82 Å². The fraction of sp³-hybridized carbons (Fsp3) is 0.571. The molecule has 3 heteroatoms. The second kappa shape index (κ2) is 5.15. The molecule has 2 atom stereocenters. The van der Waals surface area contributed by atoms with Crippen molar-refractivity contribution >= 4 is 0 Å². The molecule has 1 rings (SSSR count). The molecule has 0 aliphatic rings. The molecule has 17 heavy (non-hydrogen) atoms. The zero-order valence-electron chi connectivity index (χ0n) is 10.9. The Bertz CT molecular complexity index is 382. The van der Waals surface area contributed by atoms with Crippen LogP contribution in [0.25, 0.3) is 0 Å². The third-order valence-electron chi connectivity index (χ3n) is 3.06. The van der Waals surface area contributed by atoms with E-state index in [1.165, 1.54) is 6.07 Å². The van der Waals surface area contributed by atoms with Crippen molar-refractivity contribution in [2.75, 3.05) is 6.61 Å². The molecule has 0 fully saturated rings. The summed E-state index contributed by atoms with van der Waals surface area (Å²) in [7, 11) is 0. The van der Waals surface area contributed by atoms with Gasteiger partial charge in [0.25, 0.3) is 0 Å². The minimum Gasteiger partial charge on any atom is -0.394 e. The molecule has 0 heterocycles. The Morgan fingerprint density at radius 1 is 1.29 bits per heavy atom. The van der Waals surface area contributed by atoms with Gasteiger partial charge in [-0.1, -0.05) is 32.9 Å². The molecule has 0 aromatic heterocycles. The van der Waals surface area contributed by atoms with Crippen molar-refractivity contribution in [2.24, 2.45) is 5.41 Å². The van der Waals surface area contributed by atoms with Gasteiger partial charge in [0.15, 0.2) is 0 Å². The Balaban J connectivity index is 3.18. The molecule has 1 aromatic rings. The van der Waals surface area contributed by atoms with Gasteiger partial charge in [-0.05, 0) is 29.5 Å². The second-order valence-electron chi connectivity index (χ2n) is 5.60. The Labute approximate surface area is 102 Å². The molecule has 0 radical (unpaired) electrons. The molecular weight excluding hydrogens is 219 g/mol. The van der Waals surface area contributed by atoms with E-state index in [1.807, 2.05) is 26.8 Å². The number of aliphatic hydroxyl groups excluding tert-OH is 2. The summed E-state index contributed by atoms with van der Waals surface area (Å²) in [4.78, 5) is 0. The summed E-state index contributed by atoms with van der Waals surface area (Å²) >= 11 is 0.